The Kier molecular flexibility index (Phi) is 3.08. The highest BCUT2D eigenvalue weighted by molar-refractivity contribution is 5.85. The van der Waals surface area contributed by atoms with Crippen molar-refractivity contribution in [3.63, 3.8) is 0 Å². The van der Waals surface area contributed by atoms with Crippen molar-refractivity contribution in [2.75, 3.05) is 7.11 Å². The predicted molar refractivity (Wildman–Crippen MR) is 75.8 cm³/mol. The molecule has 0 bridgehead atoms. The lowest BCUT2D eigenvalue weighted by Crippen LogP contribution is -2.24. The average Bonchev–Trinajstić information content (AvgIpc) is 3.16. The topological polar surface area (TPSA) is 65.2 Å². The summed E-state index contributed by atoms with van der Waals surface area (Å²) >= 11 is 0. The molecule has 5 heteroatoms. The zero-order valence-corrected chi connectivity index (χ0v) is 12.4. The van der Waals surface area contributed by atoms with Gasteiger partial charge in [-0.2, -0.15) is 4.98 Å². The smallest absolute Gasteiger partial charge is 0.321 e. The van der Waals surface area contributed by atoms with Crippen LogP contribution in [0.4, 0.5) is 0 Å². The molecule has 1 saturated carbocycles. The Hall–Kier alpha value is -2.17. The van der Waals surface area contributed by atoms with Gasteiger partial charge in [-0.1, -0.05) is 35.5 Å². The van der Waals surface area contributed by atoms with Crippen molar-refractivity contribution in [2.24, 2.45) is 0 Å². The number of carbonyl (C=O) groups is 1. The number of rotatable bonds is 4. The van der Waals surface area contributed by atoms with Crippen LogP contribution in [0.2, 0.25) is 0 Å². The van der Waals surface area contributed by atoms with Crippen LogP contribution >= 0.6 is 0 Å². The Balaban J connectivity index is 1.94. The van der Waals surface area contributed by atoms with Crippen LogP contribution in [0.25, 0.3) is 0 Å². The summed E-state index contributed by atoms with van der Waals surface area (Å²) in [5.74, 6) is 0.655. The van der Waals surface area contributed by atoms with Crippen molar-refractivity contribution in [1.82, 2.24) is 10.1 Å². The first-order valence-corrected chi connectivity index (χ1v) is 6.99. The number of aromatic nitrogens is 2. The molecule has 110 valence electrons. The molecule has 0 radical (unpaired) electrons. The Morgan fingerprint density at radius 2 is 1.95 bits per heavy atom. The van der Waals surface area contributed by atoms with Crippen LogP contribution in [0.1, 0.15) is 44.0 Å². The van der Waals surface area contributed by atoms with Crippen molar-refractivity contribution in [3.05, 3.63) is 47.6 Å². The maximum atomic E-state index is 11.9. The molecule has 0 aliphatic heterocycles. The van der Waals surface area contributed by atoms with E-state index in [2.05, 4.69) is 10.1 Å². The van der Waals surface area contributed by atoms with Gasteiger partial charge in [-0.05, 0) is 32.3 Å². The molecule has 1 aliphatic rings. The van der Waals surface area contributed by atoms with E-state index in [1.807, 2.05) is 44.2 Å². The van der Waals surface area contributed by atoms with Gasteiger partial charge < -0.3 is 9.26 Å². The van der Waals surface area contributed by atoms with Crippen LogP contribution in [0.5, 0.6) is 0 Å². The molecule has 1 aliphatic carbocycles. The number of ether oxygens (including phenoxy) is 1. The minimum absolute atomic E-state index is 0.296. The zero-order valence-electron chi connectivity index (χ0n) is 12.4. The summed E-state index contributed by atoms with van der Waals surface area (Å²) in [6.45, 7) is 4.07. The summed E-state index contributed by atoms with van der Waals surface area (Å²) in [7, 11) is 1.38. The highest BCUT2D eigenvalue weighted by atomic mass is 16.5. The van der Waals surface area contributed by atoms with Gasteiger partial charge in [-0.15, -0.1) is 0 Å². The minimum atomic E-state index is -0.716. The largest absolute Gasteiger partial charge is 0.468 e. The van der Waals surface area contributed by atoms with Crippen LogP contribution < -0.4 is 0 Å². The van der Waals surface area contributed by atoms with Crippen molar-refractivity contribution in [1.29, 1.82) is 0 Å². The van der Waals surface area contributed by atoms with E-state index in [0.717, 1.165) is 5.56 Å². The van der Waals surface area contributed by atoms with Crippen LogP contribution in [0, 0.1) is 0 Å². The molecule has 2 aromatic rings. The lowest BCUT2D eigenvalue weighted by molar-refractivity contribution is -0.144. The van der Waals surface area contributed by atoms with Gasteiger partial charge in [0.05, 0.1) is 12.5 Å². The van der Waals surface area contributed by atoms with Crippen LogP contribution in [-0.2, 0) is 20.4 Å². The number of nitrogens with zero attached hydrogens (tertiary/aromatic N) is 2. The van der Waals surface area contributed by atoms with E-state index in [1.54, 1.807) is 0 Å². The summed E-state index contributed by atoms with van der Waals surface area (Å²) < 4.78 is 10.2. The third kappa shape index (κ3) is 2.13. The average molecular weight is 286 g/mol. The normalized spacial score (nSPS) is 16.5. The number of methoxy groups -OCH3 is 1. The molecule has 0 N–H and O–H groups in total. The molecule has 0 unspecified atom stereocenters. The second-order valence-corrected chi connectivity index (χ2v) is 5.99. The van der Waals surface area contributed by atoms with Gasteiger partial charge in [0.1, 0.15) is 5.41 Å². The fraction of sp³-hybridized carbons (Fsp3) is 0.438. The Bertz CT molecular complexity index is 657. The van der Waals surface area contributed by atoms with Crippen LogP contribution in [-0.4, -0.2) is 23.2 Å². The molecule has 3 rings (SSSR count). The van der Waals surface area contributed by atoms with Crippen molar-refractivity contribution in [2.45, 2.75) is 37.5 Å². The van der Waals surface area contributed by atoms with Crippen LogP contribution in [0.3, 0.4) is 0 Å². The predicted octanol–water partition coefficient (Wildman–Crippen LogP) is 2.60. The molecule has 0 saturated heterocycles. The standard InChI is InChI=1S/C16H18N2O3/c1-15(2,11-7-5-4-6-8-11)12-17-13(21-18-12)16(9-10-16)14(19)20-3/h4-8H,9-10H2,1-3H3. The van der Waals surface area contributed by atoms with Crippen molar-refractivity contribution >= 4 is 5.97 Å². The number of esters is 1. The van der Waals surface area contributed by atoms with E-state index in [4.69, 9.17) is 9.26 Å². The second kappa shape index (κ2) is 4.69. The molecule has 0 atom stereocenters. The molecule has 0 amide bonds. The second-order valence-electron chi connectivity index (χ2n) is 5.99. The highest BCUT2D eigenvalue weighted by Gasteiger charge is 2.57. The maximum absolute atomic E-state index is 11.9. The van der Waals surface area contributed by atoms with E-state index < -0.39 is 5.41 Å². The summed E-state index contributed by atoms with van der Waals surface area (Å²) in [4.78, 5) is 16.4. The first kappa shape index (κ1) is 13.8. The Labute approximate surface area is 123 Å². The quantitative estimate of drug-likeness (QED) is 0.808. The van der Waals surface area contributed by atoms with Gasteiger partial charge in [0.2, 0.25) is 5.89 Å². The van der Waals surface area contributed by atoms with E-state index in [-0.39, 0.29) is 11.4 Å². The molecule has 1 aromatic heterocycles. The van der Waals surface area contributed by atoms with E-state index in [1.165, 1.54) is 7.11 Å². The number of hydrogen-bond acceptors (Lipinski definition) is 5. The van der Waals surface area contributed by atoms with E-state index in [0.29, 0.717) is 24.6 Å². The Morgan fingerprint density at radius 3 is 2.52 bits per heavy atom. The first-order valence-electron chi connectivity index (χ1n) is 6.99. The molecule has 5 nitrogen and oxygen atoms in total. The highest BCUT2D eigenvalue weighted by Crippen LogP contribution is 2.48. The summed E-state index contributed by atoms with van der Waals surface area (Å²) in [6, 6.07) is 9.99. The first-order chi connectivity index (χ1) is 10.0. The van der Waals surface area contributed by atoms with Gasteiger partial charge >= 0.3 is 5.97 Å². The molecule has 1 heterocycles. The van der Waals surface area contributed by atoms with Gasteiger partial charge in [0.25, 0.3) is 0 Å². The molecule has 1 fully saturated rings. The number of benzene rings is 1. The molecular weight excluding hydrogens is 268 g/mol. The lowest BCUT2D eigenvalue weighted by Gasteiger charge is -2.20. The SMILES string of the molecule is COC(=O)C1(c2nc(C(C)(C)c3ccccc3)no2)CC1. The third-order valence-electron chi connectivity index (χ3n) is 4.22. The lowest BCUT2D eigenvalue weighted by atomic mass is 9.84. The van der Waals surface area contributed by atoms with Gasteiger partial charge in [-0.25, -0.2) is 0 Å². The summed E-state index contributed by atoms with van der Waals surface area (Å²) in [6.07, 6.45) is 1.40. The van der Waals surface area contributed by atoms with Gasteiger partial charge in [0, 0.05) is 0 Å². The van der Waals surface area contributed by atoms with Gasteiger partial charge in [-0.3, -0.25) is 4.79 Å². The fourth-order valence-corrected chi connectivity index (χ4v) is 2.48. The summed E-state index contributed by atoms with van der Waals surface area (Å²) in [5, 5.41) is 4.09. The van der Waals surface area contributed by atoms with Crippen LogP contribution in [0.15, 0.2) is 34.9 Å². The van der Waals surface area contributed by atoms with E-state index >= 15 is 0 Å². The Morgan fingerprint density at radius 1 is 1.29 bits per heavy atom. The molecular formula is C16H18N2O3. The van der Waals surface area contributed by atoms with Gasteiger partial charge in [0.15, 0.2) is 5.82 Å². The molecule has 1 aromatic carbocycles. The van der Waals surface area contributed by atoms with E-state index in [9.17, 15) is 4.79 Å². The molecule has 0 spiro atoms. The zero-order chi connectivity index (χ0) is 15.1. The number of carbonyl (C=O) groups excluding carboxylic acids is 1. The number of hydrogen-bond donors (Lipinski definition) is 0. The van der Waals surface area contributed by atoms with Crippen molar-refractivity contribution in [3.8, 4) is 0 Å². The minimum Gasteiger partial charge on any atom is -0.468 e. The van der Waals surface area contributed by atoms with Crippen molar-refractivity contribution < 1.29 is 14.1 Å². The molecule has 21 heavy (non-hydrogen) atoms. The third-order valence-corrected chi connectivity index (χ3v) is 4.22. The maximum Gasteiger partial charge on any atom is 0.321 e. The monoisotopic (exact) mass is 286 g/mol. The fourth-order valence-electron chi connectivity index (χ4n) is 2.48. The summed E-state index contributed by atoms with van der Waals surface area (Å²) in [5.41, 5.74) is 0.00221.